The second kappa shape index (κ2) is 3.82. The van der Waals surface area contributed by atoms with Crippen molar-refractivity contribution in [2.24, 2.45) is 0 Å². The second-order valence-corrected chi connectivity index (χ2v) is 3.28. The van der Waals surface area contributed by atoms with Gasteiger partial charge < -0.3 is 20.1 Å². The topological polar surface area (TPSA) is 69.9 Å². The van der Waals surface area contributed by atoms with Gasteiger partial charge in [-0.25, -0.2) is 0 Å². The molecule has 1 aliphatic heterocycles. The number of aliphatic hydroxyl groups excluding tert-OH is 3. The average molecular weight is 228 g/mol. The summed E-state index contributed by atoms with van der Waals surface area (Å²) in [5.74, 6) is 0. The van der Waals surface area contributed by atoms with Gasteiger partial charge in [-0.05, 0) is 0 Å². The van der Waals surface area contributed by atoms with Crippen LogP contribution in [0.25, 0.3) is 0 Å². The molecule has 3 N–H and O–H groups in total. The summed E-state index contributed by atoms with van der Waals surface area (Å²) in [4.78, 5) is 0. The molecule has 0 aromatic carbocycles. The van der Waals surface area contributed by atoms with Crippen molar-refractivity contribution in [3.63, 3.8) is 0 Å². The monoisotopic (exact) mass is 227 g/mol. The Balaban J connectivity index is 2.63. The van der Waals surface area contributed by atoms with E-state index in [2.05, 4.69) is 15.9 Å². The van der Waals surface area contributed by atoms with Crippen molar-refractivity contribution < 1.29 is 21.4 Å². The van der Waals surface area contributed by atoms with E-state index in [0.717, 1.165) is 0 Å². The fraction of sp³-hybridized carbons (Fsp3) is 1.00. The van der Waals surface area contributed by atoms with E-state index in [1.807, 2.05) is 0 Å². The Morgan fingerprint density at radius 3 is 2.73 bits per heavy atom. The highest BCUT2D eigenvalue weighted by atomic mass is 79.9. The summed E-state index contributed by atoms with van der Waals surface area (Å²) in [5, 5.41) is 26.5. The summed E-state index contributed by atoms with van der Waals surface area (Å²) in [6.45, 7) is -0.356. The zero-order valence-electron chi connectivity index (χ0n) is 6.72. The molecular formula is C6H11BrO4. The highest BCUT2D eigenvalue weighted by Crippen LogP contribution is 2.23. The lowest BCUT2D eigenvalue weighted by atomic mass is 10.0. The highest BCUT2D eigenvalue weighted by Gasteiger charge is 2.34. The van der Waals surface area contributed by atoms with Gasteiger partial charge in [0.05, 0.1) is 18.8 Å². The number of halogens is 1. The normalized spacial score (nSPS) is 53.8. The molecule has 11 heavy (non-hydrogen) atoms. The minimum atomic E-state index is -1.14. The van der Waals surface area contributed by atoms with Crippen LogP contribution in [-0.4, -0.2) is 45.3 Å². The zero-order valence-corrected chi connectivity index (χ0v) is 7.31. The van der Waals surface area contributed by atoms with Gasteiger partial charge in [0.25, 0.3) is 0 Å². The number of hydrogen-bond acceptors (Lipinski definition) is 4. The van der Waals surface area contributed by atoms with Gasteiger partial charge in [-0.2, -0.15) is 0 Å². The molecule has 0 saturated carbocycles. The Hall–Kier alpha value is 0.320. The van der Waals surface area contributed by atoms with Gasteiger partial charge in [0.1, 0.15) is 11.1 Å². The van der Waals surface area contributed by atoms with E-state index in [0.29, 0.717) is 0 Å². The van der Waals surface area contributed by atoms with Crippen LogP contribution in [0.1, 0.15) is 7.77 Å². The van der Waals surface area contributed by atoms with Gasteiger partial charge in [-0.3, -0.25) is 0 Å². The highest BCUT2D eigenvalue weighted by molar-refractivity contribution is 9.09. The average Bonchev–Trinajstić information content (AvgIpc) is 2.08. The van der Waals surface area contributed by atoms with E-state index < -0.39 is 29.7 Å². The van der Waals surface area contributed by atoms with Gasteiger partial charge in [-0.15, -0.1) is 0 Å². The van der Waals surface area contributed by atoms with Crippen LogP contribution in [0, 0.1) is 0 Å². The molecule has 0 aromatic rings. The number of rotatable bonds is 1. The van der Waals surface area contributed by atoms with Gasteiger partial charge in [0.15, 0.2) is 0 Å². The van der Waals surface area contributed by atoms with Crippen LogP contribution < -0.4 is 0 Å². The Morgan fingerprint density at radius 2 is 2.18 bits per heavy atom. The van der Waals surface area contributed by atoms with Crippen molar-refractivity contribution in [3.8, 4) is 0 Å². The molecule has 1 aliphatic rings. The van der Waals surface area contributed by atoms with Crippen molar-refractivity contribution in [2.45, 2.75) is 29.7 Å². The van der Waals surface area contributed by atoms with Crippen molar-refractivity contribution in [3.05, 3.63) is 0 Å². The molecule has 0 radical (unpaired) electrons. The smallest absolute Gasteiger partial charge is 0.138 e. The largest absolute Gasteiger partial charge is 0.394 e. The molecule has 0 aromatic heterocycles. The summed E-state index contributed by atoms with van der Waals surface area (Å²) in [5.41, 5.74) is 0. The van der Waals surface area contributed by atoms with Crippen molar-refractivity contribution >= 4 is 15.9 Å². The maximum Gasteiger partial charge on any atom is 0.138 e. The standard InChI is InChI=1S/C6H11BrO4/c7-6-4(10)1-3(9)5(2-8)11-6/h3-6,8-10H,1-2H2/t3-,4?,5?,6-/m1/s1/i1D/t1-,3+,4?,5?,6+/m0. The predicted molar refractivity (Wildman–Crippen MR) is 41.3 cm³/mol. The van der Waals surface area contributed by atoms with E-state index in [4.69, 9.17) is 11.2 Å². The molecule has 5 atom stereocenters. The molecule has 1 saturated heterocycles. The van der Waals surface area contributed by atoms with Crippen LogP contribution in [-0.2, 0) is 4.74 Å². The number of aliphatic hydroxyl groups is 3. The summed E-state index contributed by atoms with van der Waals surface area (Å²) in [6.07, 6.45) is -4.04. The van der Waals surface area contributed by atoms with E-state index in [1.54, 1.807) is 0 Å². The Bertz CT molecular complexity index is 154. The minimum absolute atomic E-state index is 0.356. The molecule has 1 heterocycles. The zero-order chi connectivity index (χ0) is 9.30. The fourth-order valence-corrected chi connectivity index (χ4v) is 1.35. The lowest BCUT2D eigenvalue weighted by Crippen LogP contribution is -2.46. The first-order chi connectivity index (χ1) is 5.57. The minimum Gasteiger partial charge on any atom is -0.394 e. The third kappa shape index (κ3) is 2.13. The first-order valence-electron chi connectivity index (χ1n) is 3.84. The number of hydrogen-bond donors (Lipinski definition) is 3. The van der Waals surface area contributed by atoms with Crippen LogP contribution in [0.4, 0.5) is 0 Å². The van der Waals surface area contributed by atoms with Crippen molar-refractivity contribution in [1.82, 2.24) is 0 Å². The molecule has 0 spiro atoms. The van der Waals surface area contributed by atoms with Crippen LogP contribution >= 0.6 is 15.9 Å². The lowest BCUT2D eigenvalue weighted by Gasteiger charge is -2.33. The first-order valence-corrected chi connectivity index (χ1v) is 4.18. The van der Waals surface area contributed by atoms with Crippen LogP contribution in [0.5, 0.6) is 0 Å². The molecule has 0 bridgehead atoms. The van der Waals surface area contributed by atoms with E-state index in [1.165, 1.54) is 0 Å². The van der Waals surface area contributed by atoms with E-state index in [9.17, 15) is 10.2 Å². The molecule has 2 unspecified atom stereocenters. The molecule has 4 nitrogen and oxygen atoms in total. The third-order valence-electron chi connectivity index (χ3n) is 1.53. The Morgan fingerprint density at radius 1 is 1.55 bits per heavy atom. The van der Waals surface area contributed by atoms with Crippen LogP contribution in [0.15, 0.2) is 0 Å². The third-order valence-corrected chi connectivity index (χ3v) is 2.29. The van der Waals surface area contributed by atoms with Gasteiger partial charge >= 0.3 is 0 Å². The van der Waals surface area contributed by atoms with Crippen LogP contribution in [0.2, 0.25) is 0 Å². The number of ether oxygens (including phenoxy) is 1. The SMILES string of the molecule is [2H][C@@H]1C(O)[C@H](Br)OC(CO)[C@@H]1O. The van der Waals surface area contributed by atoms with Crippen molar-refractivity contribution in [1.29, 1.82) is 0 Å². The quantitative estimate of drug-likeness (QED) is 0.514. The molecule has 66 valence electrons. The summed E-state index contributed by atoms with van der Waals surface area (Å²) >= 11 is 2.99. The maximum absolute atomic E-state index is 9.27. The Kier molecular flexibility index (Phi) is 2.76. The van der Waals surface area contributed by atoms with Crippen LogP contribution in [0.3, 0.4) is 0 Å². The molecule has 0 aliphatic carbocycles. The van der Waals surface area contributed by atoms with Gasteiger partial charge in [0, 0.05) is 7.77 Å². The summed E-state index contributed by atoms with van der Waals surface area (Å²) in [6, 6.07) is 0. The Labute approximate surface area is 74.3 Å². The van der Waals surface area contributed by atoms with Gasteiger partial charge in [-0.1, -0.05) is 15.9 Å². The van der Waals surface area contributed by atoms with E-state index >= 15 is 0 Å². The van der Waals surface area contributed by atoms with E-state index in [-0.39, 0.29) is 6.61 Å². The fourth-order valence-electron chi connectivity index (χ4n) is 0.892. The lowest BCUT2D eigenvalue weighted by molar-refractivity contribution is -0.147. The molecule has 1 fully saturated rings. The second-order valence-electron chi connectivity index (χ2n) is 2.38. The molecular weight excluding hydrogens is 216 g/mol. The molecule has 5 heteroatoms. The summed E-state index contributed by atoms with van der Waals surface area (Å²) < 4.78 is 12.3. The summed E-state index contributed by atoms with van der Waals surface area (Å²) in [7, 11) is 0. The van der Waals surface area contributed by atoms with Gasteiger partial charge in [0.2, 0.25) is 0 Å². The predicted octanol–water partition coefficient (Wildman–Crippen LogP) is -0.790. The van der Waals surface area contributed by atoms with Crippen molar-refractivity contribution in [2.75, 3.05) is 6.61 Å². The first kappa shape index (κ1) is 7.94. The molecule has 1 rings (SSSR count). The maximum atomic E-state index is 9.27. The number of alkyl halides is 1. The molecule has 0 amide bonds.